The SMILES string of the molecule is CC(C)(C)c1ccc2c(c1)B1c3cc([Si](C)(C)C)cc4c3N(c3cc(N5c6ccc([Si](C)(C)C)cc6C6(C)CCCCC56C)cc(c31)N2c1ccc(C(C)(C)C)cc1-c1ccccc1)C1(C)CCCCC41C. The van der Waals surface area contributed by atoms with Gasteiger partial charge in [-0.05, 0) is 131 Å². The van der Waals surface area contributed by atoms with E-state index in [2.05, 4.69) is 232 Å². The summed E-state index contributed by atoms with van der Waals surface area (Å²) in [6.07, 6.45) is 9.89. The van der Waals surface area contributed by atoms with Gasteiger partial charge in [-0.2, -0.15) is 0 Å². The van der Waals surface area contributed by atoms with Gasteiger partial charge in [0.25, 0.3) is 6.71 Å². The van der Waals surface area contributed by atoms with Crippen LogP contribution in [0.25, 0.3) is 11.1 Å². The first-order chi connectivity index (χ1) is 33.7. The third-order valence-electron chi connectivity index (χ3n) is 20.2. The molecule has 0 amide bonds. The van der Waals surface area contributed by atoms with Crippen molar-refractivity contribution in [1.29, 1.82) is 0 Å². The fourth-order valence-electron chi connectivity index (χ4n) is 15.3. The molecule has 12 rings (SSSR count). The van der Waals surface area contributed by atoms with Crippen molar-refractivity contribution in [3.05, 3.63) is 131 Å². The van der Waals surface area contributed by atoms with Crippen molar-refractivity contribution in [2.75, 3.05) is 14.7 Å². The number of nitrogens with zero attached hydrogens (tertiary/aromatic N) is 3. The van der Waals surface area contributed by atoms with Crippen molar-refractivity contribution in [2.24, 2.45) is 0 Å². The largest absolute Gasteiger partial charge is 0.335 e. The Kier molecular flexibility index (Phi) is 10.3. The number of benzene rings is 6. The Morgan fingerprint density at radius 2 is 1.01 bits per heavy atom. The molecule has 6 aromatic rings. The van der Waals surface area contributed by atoms with E-state index in [1.807, 2.05) is 0 Å². The van der Waals surface area contributed by atoms with Crippen LogP contribution in [0.2, 0.25) is 39.3 Å². The van der Waals surface area contributed by atoms with Gasteiger partial charge in [0, 0.05) is 50.5 Å². The van der Waals surface area contributed by atoms with E-state index < -0.39 is 16.1 Å². The van der Waals surface area contributed by atoms with E-state index in [0.29, 0.717) is 0 Å². The monoisotopic (exact) mass is 984 g/mol. The van der Waals surface area contributed by atoms with Gasteiger partial charge in [0.05, 0.1) is 32.9 Å². The van der Waals surface area contributed by atoms with Crippen LogP contribution in [-0.4, -0.2) is 33.9 Å². The molecule has 4 unspecified atom stereocenters. The van der Waals surface area contributed by atoms with Gasteiger partial charge in [-0.1, -0.05) is 204 Å². The molecule has 4 heterocycles. The predicted octanol–water partition coefficient (Wildman–Crippen LogP) is 15.1. The zero-order valence-electron chi connectivity index (χ0n) is 47.0. The molecular weight excluding hydrogens is 902 g/mol. The molecule has 6 heteroatoms. The minimum absolute atomic E-state index is 0.0123. The standard InChI is InChI=1S/C66H82BN3Si2/c1-61(2,3)44-26-29-54(49(36-44)43-24-18-17-19-25-43)68-56-30-27-45(62(4,5)6)37-52(56)67-53-42-48(72(14,15)16)41-51-60(53)70(66(10)35-23-21-33-64(51,66)8)58-39-46(38-57(68)59(58)67)69-55-31-28-47(71(11,12)13)40-50(55)63(7)32-20-22-34-65(63,69)9/h17-19,24-31,36-42H,20-23,32-35H2,1-16H3. The normalized spacial score (nSPS) is 25.2. The van der Waals surface area contributed by atoms with Crippen LogP contribution in [0.5, 0.6) is 0 Å². The van der Waals surface area contributed by atoms with E-state index in [1.165, 1.54) is 124 Å². The van der Waals surface area contributed by atoms with Gasteiger partial charge < -0.3 is 14.7 Å². The maximum Gasteiger partial charge on any atom is 0.252 e. The quantitative estimate of drug-likeness (QED) is 0.159. The molecule has 0 radical (unpaired) electrons. The third kappa shape index (κ3) is 6.58. The average molecular weight is 984 g/mol. The zero-order chi connectivity index (χ0) is 51.1. The highest BCUT2D eigenvalue weighted by Gasteiger charge is 2.63. The first kappa shape index (κ1) is 48.2. The van der Waals surface area contributed by atoms with E-state index >= 15 is 0 Å². The van der Waals surface area contributed by atoms with E-state index in [0.717, 1.165) is 0 Å². The average Bonchev–Trinajstić information content (AvgIpc) is 3.66. The zero-order valence-corrected chi connectivity index (χ0v) is 49.0. The highest BCUT2D eigenvalue weighted by atomic mass is 28.3. The molecule has 6 aliphatic rings. The van der Waals surface area contributed by atoms with Crippen LogP contribution in [0.3, 0.4) is 0 Å². The van der Waals surface area contributed by atoms with Crippen LogP contribution in [0, 0.1) is 0 Å². The minimum atomic E-state index is -1.77. The molecule has 2 fully saturated rings. The Balaban J connectivity index is 1.24. The van der Waals surface area contributed by atoms with E-state index in [-0.39, 0.29) is 39.5 Å². The molecule has 0 N–H and O–H groups in total. The molecule has 0 bridgehead atoms. The lowest BCUT2D eigenvalue weighted by Gasteiger charge is -2.54. The molecule has 3 nitrogen and oxygen atoms in total. The third-order valence-corrected chi connectivity index (χ3v) is 24.2. The molecular formula is C66H82BN3Si2. The lowest BCUT2D eigenvalue weighted by molar-refractivity contribution is 0.194. The summed E-state index contributed by atoms with van der Waals surface area (Å²) in [4.78, 5) is 8.66. The number of rotatable bonds is 5. The van der Waals surface area contributed by atoms with Crippen molar-refractivity contribution >= 4 is 89.4 Å². The highest BCUT2D eigenvalue weighted by molar-refractivity contribution is 7.01. The molecule has 2 saturated carbocycles. The molecule has 2 aliphatic carbocycles. The summed E-state index contributed by atoms with van der Waals surface area (Å²) < 4.78 is 0. The maximum absolute atomic E-state index is 2.99. The summed E-state index contributed by atoms with van der Waals surface area (Å²) in [6.45, 7) is 40.3. The van der Waals surface area contributed by atoms with Crippen LogP contribution in [-0.2, 0) is 21.7 Å². The minimum Gasteiger partial charge on any atom is -0.335 e. The summed E-state index contributed by atoms with van der Waals surface area (Å²) in [5.74, 6) is 0. The molecule has 6 aromatic carbocycles. The fraction of sp³-hybridized carbons (Fsp3) is 0.455. The van der Waals surface area contributed by atoms with Gasteiger partial charge in [-0.15, -0.1) is 0 Å². The summed E-state index contributed by atoms with van der Waals surface area (Å²) >= 11 is 0. The van der Waals surface area contributed by atoms with Gasteiger partial charge in [0.2, 0.25) is 0 Å². The van der Waals surface area contributed by atoms with Gasteiger partial charge in [-0.25, -0.2) is 0 Å². The van der Waals surface area contributed by atoms with Gasteiger partial charge >= 0.3 is 0 Å². The van der Waals surface area contributed by atoms with Crippen molar-refractivity contribution in [3.8, 4) is 11.1 Å². The van der Waals surface area contributed by atoms with Crippen LogP contribution in [0.15, 0.2) is 109 Å². The van der Waals surface area contributed by atoms with E-state index in [9.17, 15) is 0 Å². The van der Waals surface area contributed by atoms with Crippen LogP contribution < -0.4 is 41.5 Å². The Labute approximate surface area is 436 Å². The molecule has 72 heavy (non-hydrogen) atoms. The summed E-state index contributed by atoms with van der Waals surface area (Å²) in [5, 5.41) is 3.18. The Bertz CT molecular complexity index is 3240. The number of anilines is 7. The first-order valence-electron chi connectivity index (χ1n) is 28.0. The smallest absolute Gasteiger partial charge is 0.252 e. The number of hydrogen-bond acceptors (Lipinski definition) is 3. The molecule has 0 saturated heterocycles. The van der Waals surface area contributed by atoms with E-state index in [1.54, 1.807) is 27.0 Å². The van der Waals surface area contributed by atoms with Crippen LogP contribution in [0.1, 0.15) is 143 Å². The van der Waals surface area contributed by atoms with Crippen LogP contribution in [0.4, 0.5) is 39.8 Å². The number of hydrogen-bond donors (Lipinski definition) is 0. The summed E-state index contributed by atoms with van der Waals surface area (Å²) in [6, 6.07) is 45.1. The van der Waals surface area contributed by atoms with Crippen molar-refractivity contribution in [2.45, 2.75) is 193 Å². The van der Waals surface area contributed by atoms with Crippen LogP contribution >= 0.6 is 0 Å². The predicted molar refractivity (Wildman–Crippen MR) is 320 cm³/mol. The Morgan fingerprint density at radius 1 is 0.472 bits per heavy atom. The molecule has 0 spiro atoms. The second-order valence-corrected chi connectivity index (χ2v) is 38.7. The lowest BCUT2D eigenvalue weighted by atomic mass is 9.33. The Hall–Kier alpha value is -4.78. The van der Waals surface area contributed by atoms with Crippen molar-refractivity contribution in [3.63, 3.8) is 0 Å². The van der Waals surface area contributed by atoms with Gasteiger partial charge in [0.1, 0.15) is 0 Å². The maximum atomic E-state index is 2.99. The first-order valence-corrected chi connectivity index (χ1v) is 35.0. The molecule has 372 valence electrons. The lowest BCUT2D eigenvalue weighted by Crippen LogP contribution is -2.65. The van der Waals surface area contributed by atoms with E-state index in [4.69, 9.17) is 0 Å². The number of fused-ring (bicyclic) bond motifs is 10. The molecule has 4 aliphatic heterocycles. The second-order valence-electron chi connectivity index (χ2n) is 28.5. The van der Waals surface area contributed by atoms with Crippen molar-refractivity contribution in [1.82, 2.24) is 0 Å². The summed E-state index contributed by atoms with van der Waals surface area (Å²) in [5.41, 5.74) is 22.5. The Morgan fingerprint density at radius 3 is 1.64 bits per heavy atom. The fourth-order valence-corrected chi connectivity index (χ4v) is 17.6. The van der Waals surface area contributed by atoms with Gasteiger partial charge in [0.15, 0.2) is 0 Å². The molecule has 4 atom stereocenters. The highest BCUT2D eigenvalue weighted by Crippen LogP contribution is 2.65. The molecule has 0 aromatic heterocycles. The van der Waals surface area contributed by atoms with Gasteiger partial charge in [-0.3, -0.25) is 0 Å². The summed E-state index contributed by atoms with van der Waals surface area (Å²) in [7, 11) is -3.36. The second kappa shape index (κ2) is 15.4. The topological polar surface area (TPSA) is 9.72 Å². The van der Waals surface area contributed by atoms with Crippen molar-refractivity contribution < 1.29 is 0 Å².